The Hall–Kier alpha value is 0.0500. The number of nitrogens with one attached hydrogen (secondary N) is 1. The molecule has 10 heavy (non-hydrogen) atoms. The SMILES string of the molecule is CNCC=C1CCSCC1. The molecule has 0 spiro atoms. The lowest BCUT2D eigenvalue weighted by molar-refractivity contribution is 0.882. The van der Waals surface area contributed by atoms with E-state index in [1.165, 1.54) is 24.3 Å². The quantitative estimate of drug-likeness (QED) is 0.612. The average Bonchev–Trinajstić information content (AvgIpc) is 2.03. The summed E-state index contributed by atoms with van der Waals surface area (Å²) in [7, 11) is 1.99. The van der Waals surface area contributed by atoms with E-state index in [4.69, 9.17) is 0 Å². The second-order valence-corrected chi connectivity index (χ2v) is 3.76. The van der Waals surface area contributed by atoms with E-state index < -0.39 is 0 Å². The predicted octanol–water partition coefficient (Wildman–Crippen LogP) is 1.66. The van der Waals surface area contributed by atoms with Crippen LogP contribution in [0.25, 0.3) is 0 Å². The zero-order chi connectivity index (χ0) is 7.23. The molecule has 0 bridgehead atoms. The van der Waals surface area contributed by atoms with Gasteiger partial charge in [0, 0.05) is 6.54 Å². The monoisotopic (exact) mass is 157 g/mol. The van der Waals surface area contributed by atoms with E-state index in [0.29, 0.717) is 0 Å². The van der Waals surface area contributed by atoms with Gasteiger partial charge >= 0.3 is 0 Å². The second-order valence-electron chi connectivity index (χ2n) is 2.53. The summed E-state index contributed by atoms with van der Waals surface area (Å²) < 4.78 is 0. The van der Waals surface area contributed by atoms with Crippen LogP contribution < -0.4 is 5.32 Å². The van der Waals surface area contributed by atoms with Gasteiger partial charge in [0.05, 0.1) is 0 Å². The van der Waals surface area contributed by atoms with Crippen LogP contribution >= 0.6 is 11.8 Å². The summed E-state index contributed by atoms with van der Waals surface area (Å²) in [5.41, 5.74) is 1.65. The molecule has 1 fully saturated rings. The fourth-order valence-corrected chi connectivity index (χ4v) is 2.10. The number of hydrogen-bond donors (Lipinski definition) is 1. The lowest BCUT2D eigenvalue weighted by atomic mass is 10.1. The highest BCUT2D eigenvalue weighted by Gasteiger charge is 2.03. The van der Waals surface area contributed by atoms with E-state index in [9.17, 15) is 0 Å². The van der Waals surface area contributed by atoms with Crippen LogP contribution in [0.1, 0.15) is 12.8 Å². The third-order valence-electron chi connectivity index (χ3n) is 1.73. The second kappa shape index (κ2) is 4.80. The minimum Gasteiger partial charge on any atom is -0.316 e. The Kier molecular flexibility index (Phi) is 3.91. The minimum absolute atomic E-state index is 1.04. The molecule has 1 rings (SSSR count). The lowest BCUT2D eigenvalue weighted by Crippen LogP contribution is -2.07. The van der Waals surface area contributed by atoms with Crippen molar-refractivity contribution in [2.24, 2.45) is 0 Å². The molecule has 0 atom stereocenters. The van der Waals surface area contributed by atoms with Crippen LogP contribution in [0.4, 0.5) is 0 Å². The normalized spacial score (nSPS) is 19.1. The summed E-state index contributed by atoms with van der Waals surface area (Å²) in [6.07, 6.45) is 4.96. The highest BCUT2D eigenvalue weighted by Crippen LogP contribution is 2.21. The van der Waals surface area contributed by atoms with Crippen molar-refractivity contribution in [1.29, 1.82) is 0 Å². The van der Waals surface area contributed by atoms with Crippen LogP contribution in [0.15, 0.2) is 11.6 Å². The Morgan fingerprint density at radius 1 is 1.50 bits per heavy atom. The van der Waals surface area contributed by atoms with Crippen molar-refractivity contribution in [2.45, 2.75) is 12.8 Å². The molecule has 1 aliphatic rings. The van der Waals surface area contributed by atoms with Gasteiger partial charge in [-0.05, 0) is 31.4 Å². The molecular formula is C8H15NS. The third-order valence-corrected chi connectivity index (χ3v) is 2.72. The van der Waals surface area contributed by atoms with E-state index in [0.717, 1.165) is 6.54 Å². The van der Waals surface area contributed by atoms with Crippen molar-refractivity contribution in [3.8, 4) is 0 Å². The maximum Gasteiger partial charge on any atom is 0.0134 e. The van der Waals surface area contributed by atoms with Gasteiger partial charge in [0.25, 0.3) is 0 Å². The average molecular weight is 157 g/mol. The maximum absolute atomic E-state index is 3.13. The summed E-state index contributed by atoms with van der Waals surface area (Å²) in [4.78, 5) is 0. The predicted molar refractivity (Wildman–Crippen MR) is 48.6 cm³/mol. The van der Waals surface area contributed by atoms with Gasteiger partial charge in [-0.25, -0.2) is 0 Å². The summed E-state index contributed by atoms with van der Waals surface area (Å²) in [6, 6.07) is 0. The molecule has 0 saturated carbocycles. The maximum atomic E-state index is 3.13. The van der Waals surface area contributed by atoms with Crippen molar-refractivity contribution >= 4 is 11.8 Å². The summed E-state index contributed by atoms with van der Waals surface area (Å²) in [6.45, 7) is 1.04. The molecule has 58 valence electrons. The molecule has 1 saturated heterocycles. The number of likely N-dealkylation sites (N-methyl/N-ethyl adjacent to an activating group) is 1. The van der Waals surface area contributed by atoms with Crippen molar-refractivity contribution in [3.63, 3.8) is 0 Å². The smallest absolute Gasteiger partial charge is 0.0134 e. The van der Waals surface area contributed by atoms with Crippen molar-refractivity contribution < 1.29 is 0 Å². The van der Waals surface area contributed by atoms with Gasteiger partial charge < -0.3 is 5.32 Å². The largest absolute Gasteiger partial charge is 0.316 e. The van der Waals surface area contributed by atoms with Crippen LogP contribution in [0.2, 0.25) is 0 Å². The molecular weight excluding hydrogens is 142 g/mol. The number of thioether (sulfide) groups is 1. The number of rotatable bonds is 2. The van der Waals surface area contributed by atoms with Crippen molar-refractivity contribution in [3.05, 3.63) is 11.6 Å². The summed E-state index contributed by atoms with van der Waals surface area (Å²) in [5, 5.41) is 3.13. The molecule has 0 unspecified atom stereocenters. The molecule has 1 N–H and O–H groups in total. The van der Waals surface area contributed by atoms with Crippen LogP contribution in [-0.2, 0) is 0 Å². The topological polar surface area (TPSA) is 12.0 Å². The molecule has 0 aromatic heterocycles. The molecule has 0 aromatic rings. The molecule has 1 nitrogen and oxygen atoms in total. The minimum atomic E-state index is 1.04. The Morgan fingerprint density at radius 2 is 2.20 bits per heavy atom. The van der Waals surface area contributed by atoms with Crippen LogP contribution in [0.3, 0.4) is 0 Å². The van der Waals surface area contributed by atoms with Gasteiger partial charge in [0.1, 0.15) is 0 Å². The highest BCUT2D eigenvalue weighted by molar-refractivity contribution is 7.99. The van der Waals surface area contributed by atoms with E-state index in [2.05, 4.69) is 23.2 Å². The van der Waals surface area contributed by atoms with E-state index in [1.54, 1.807) is 5.57 Å². The lowest BCUT2D eigenvalue weighted by Gasteiger charge is -2.12. The van der Waals surface area contributed by atoms with Crippen LogP contribution in [-0.4, -0.2) is 25.1 Å². The van der Waals surface area contributed by atoms with Gasteiger partial charge in [0.15, 0.2) is 0 Å². The zero-order valence-electron chi connectivity index (χ0n) is 6.52. The van der Waals surface area contributed by atoms with Crippen molar-refractivity contribution in [2.75, 3.05) is 25.1 Å². The van der Waals surface area contributed by atoms with Crippen LogP contribution in [0.5, 0.6) is 0 Å². The van der Waals surface area contributed by atoms with E-state index >= 15 is 0 Å². The highest BCUT2D eigenvalue weighted by atomic mass is 32.2. The molecule has 2 heteroatoms. The number of hydrogen-bond acceptors (Lipinski definition) is 2. The number of allylic oxidation sites excluding steroid dienone is 1. The Morgan fingerprint density at radius 3 is 2.80 bits per heavy atom. The first kappa shape index (κ1) is 8.15. The Labute approximate surface area is 67.3 Å². The standard InChI is InChI=1S/C8H15NS/c1-9-5-2-8-3-6-10-7-4-8/h2,9H,3-7H2,1H3. The van der Waals surface area contributed by atoms with Crippen LogP contribution in [0, 0.1) is 0 Å². The van der Waals surface area contributed by atoms with E-state index in [1.807, 2.05) is 7.05 Å². The Balaban J connectivity index is 2.23. The Bertz CT molecular complexity index is 112. The first-order chi connectivity index (χ1) is 4.93. The fraction of sp³-hybridized carbons (Fsp3) is 0.750. The molecule has 1 aliphatic heterocycles. The summed E-state index contributed by atoms with van der Waals surface area (Å²) in [5.74, 6) is 2.66. The molecule has 0 aromatic carbocycles. The van der Waals surface area contributed by atoms with Gasteiger partial charge in [-0.2, -0.15) is 11.8 Å². The van der Waals surface area contributed by atoms with Gasteiger partial charge in [-0.15, -0.1) is 0 Å². The van der Waals surface area contributed by atoms with Crippen molar-refractivity contribution in [1.82, 2.24) is 5.32 Å². The summed E-state index contributed by atoms with van der Waals surface area (Å²) >= 11 is 2.07. The molecule has 1 heterocycles. The zero-order valence-corrected chi connectivity index (χ0v) is 7.34. The van der Waals surface area contributed by atoms with E-state index in [-0.39, 0.29) is 0 Å². The molecule has 0 amide bonds. The third kappa shape index (κ3) is 2.76. The first-order valence-corrected chi connectivity index (χ1v) is 4.99. The van der Waals surface area contributed by atoms with Gasteiger partial charge in [-0.1, -0.05) is 11.6 Å². The van der Waals surface area contributed by atoms with Gasteiger partial charge in [-0.3, -0.25) is 0 Å². The first-order valence-electron chi connectivity index (χ1n) is 3.83. The van der Waals surface area contributed by atoms with Gasteiger partial charge in [0.2, 0.25) is 0 Å². The fourth-order valence-electron chi connectivity index (χ4n) is 1.08. The molecule has 0 aliphatic carbocycles. The molecule has 0 radical (unpaired) electrons.